The lowest BCUT2D eigenvalue weighted by molar-refractivity contribution is -0.121. The van der Waals surface area contributed by atoms with Gasteiger partial charge in [-0.1, -0.05) is 0 Å². The van der Waals surface area contributed by atoms with Crippen molar-refractivity contribution < 1.29 is 9.53 Å². The van der Waals surface area contributed by atoms with Crippen LogP contribution in [0.5, 0.6) is 0 Å². The molecule has 8 atom stereocenters. The standard InChI is InChI=1S/C14H20O2/c1-16-14-10-5-9(11(14)6-15)12-7-2-3-8(4-7)13(10)12/h6-14H,2-5H2,1H3. The van der Waals surface area contributed by atoms with E-state index in [-0.39, 0.29) is 12.0 Å². The molecular weight excluding hydrogens is 200 g/mol. The second kappa shape index (κ2) is 3.10. The van der Waals surface area contributed by atoms with Gasteiger partial charge in [0.1, 0.15) is 6.29 Å². The van der Waals surface area contributed by atoms with E-state index in [4.69, 9.17) is 4.74 Å². The SMILES string of the molecule is COC1C(C=O)C2CC1C1C3CCC(C3)C21. The molecule has 4 saturated carbocycles. The maximum Gasteiger partial charge on any atom is 0.125 e. The van der Waals surface area contributed by atoms with Crippen LogP contribution in [-0.2, 0) is 9.53 Å². The summed E-state index contributed by atoms with van der Waals surface area (Å²) in [4.78, 5) is 11.3. The van der Waals surface area contributed by atoms with E-state index >= 15 is 0 Å². The first-order valence-electron chi connectivity index (χ1n) is 6.83. The third kappa shape index (κ3) is 0.919. The van der Waals surface area contributed by atoms with E-state index in [0.717, 1.165) is 23.7 Å². The van der Waals surface area contributed by atoms with Crippen LogP contribution in [0.15, 0.2) is 0 Å². The molecule has 4 fully saturated rings. The van der Waals surface area contributed by atoms with Gasteiger partial charge in [-0.25, -0.2) is 0 Å². The number of rotatable bonds is 2. The molecule has 0 heterocycles. The second-order valence-electron chi connectivity index (χ2n) is 6.47. The highest BCUT2D eigenvalue weighted by Gasteiger charge is 2.65. The number of carbonyl (C=O) groups excluding carboxylic acids is 1. The molecular formula is C14H20O2. The maximum absolute atomic E-state index is 11.3. The van der Waals surface area contributed by atoms with Gasteiger partial charge in [0.25, 0.3) is 0 Å². The molecule has 0 spiro atoms. The van der Waals surface area contributed by atoms with E-state index in [1.807, 2.05) is 0 Å². The van der Waals surface area contributed by atoms with Gasteiger partial charge in [-0.2, -0.15) is 0 Å². The van der Waals surface area contributed by atoms with Crippen molar-refractivity contribution in [1.82, 2.24) is 0 Å². The van der Waals surface area contributed by atoms with E-state index in [2.05, 4.69) is 0 Å². The predicted molar refractivity (Wildman–Crippen MR) is 59.8 cm³/mol. The van der Waals surface area contributed by atoms with Crippen LogP contribution in [0.1, 0.15) is 25.7 Å². The lowest BCUT2D eigenvalue weighted by atomic mass is 9.66. The summed E-state index contributed by atoms with van der Waals surface area (Å²) in [5, 5.41) is 0. The van der Waals surface area contributed by atoms with Crippen molar-refractivity contribution in [2.75, 3.05) is 7.11 Å². The van der Waals surface area contributed by atoms with E-state index < -0.39 is 0 Å². The Morgan fingerprint density at radius 3 is 2.38 bits per heavy atom. The van der Waals surface area contributed by atoms with Crippen LogP contribution in [0.3, 0.4) is 0 Å². The average molecular weight is 220 g/mol. The van der Waals surface area contributed by atoms with Crippen LogP contribution in [0.2, 0.25) is 0 Å². The number of hydrogen-bond acceptors (Lipinski definition) is 2. The quantitative estimate of drug-likeness (QED) is 0.526. The van der Waals surface area contributed by atoms with Gasteiger partial charge < -0.3 is 9.53 Å². The van der Waals surface area contributed by atoms with Crippen LogP contribution < -0.4 is 0 Å². The van der Waals surface area contributed by atoms with Gasteiger partial charge >= 0.3 is 0 Å². The number of hydrogen-bond donors (Lipinski definition) is 0. The summed E-state index contributed by atoms with van der Waals surface area (Å²) >= 11 is 0. The van der Waals surface area contributed by atoms with E-state index in [0.29, 0.717) is 11.8 Å². The Bertz CT molecular complexity index is 327. The Hall–Kier alpha value is -0.370. The molecule has 0 aromatic heterocycles. The minimum atomic E-state index is 0.218. The Balaban J connectivity index is 1.71. The lowest BCUT2D eigenvalue weighted by Crippen LogP contribution is -2.42. The molecule has 16 heavy (non-hydrogen) atoms. The van der Waals surface area contributed by atoms with Crippen molar-refractivity contribution >= 4 is 6.29 Å². The fraction of sp³-hybridized carbons (Fsp3) is 0.929. The fourth-order valence-corrected chi connectivity index (χ4v) is 6.09. The zero-order chi connectivity index (χ0) is 10.9. The van der Waals surface area contributed by atoms with Gasteiger partial charge in [0, 0.05) is 13.0 Å². The molecule has 2 heteroatoms. The van der Waals surface area contributed by atoms with Crippen molar-refractivity contribution in [3.8, 4) is 0 Å². The van der Waals surface area contributed by atoms with Crippen molar-refractivity contribution in [2.24, 2.45) is 41.4 Å². The highest BCUT2D eigenvalue weighted by Crippen LogP contribution is 2.68. The molecule has 0 saturated heterocycles. The first-order chi connectivity index (χ1) is 7.85. The van der Waals surface area contributed by atoms with E-state index in [1.54, 1.807) is 7.11 Å². The van der Waals surface area contributed by atoms with Crippen LogP contribution in [-0.4, -0.2) is 19.5 Å². The number of aldehydes is 1. The lowest BCUT2D eigenvalue weighted by Gasteiger charge is -2.40. The third-order valence-electron chi connectivity index (χ3n) is 6.30. The molecule has 8 unspecified atom stereocenters. The Labute approximate surface area is 96.7 Å². The van der Waals surface area contributed by atoms with Crippen molar-refractivity contribution in [1.29, 1.82) is 0 Å². The predicted octanol–water partition coefficient (Wildman–Crippen LogP) is 2.13. The summed E-state index contributed by atoms with van der Waals surface area (Å²) in [5.41, 5.74) is 0. The van der Waals surface area contributed by atoms with Gasteiger partial charge in [-0.05, 0) is 61.2 Å². The smallest absolute Gasteiger partial charge is 0.125 e. The van der Waals surface area contributed by atoms with Crippen LogP contribution in [0.4, 0.5) is 0 Å². The van der Waals surface area contributed by atoms with Gasteiger partial charge in [-0.3, -0.25) is 0 Å². The summed E-state index contributed by atoms with van der Waals surface area (Å²) in [6, 6.07) is 0. The Kier molecular flexibility index (Phi) is 1.86. The number of carbonyl (C=O) groups is 1. The van der Waals surface area contributed by atoms with Gasteiger partial charge in [0.15, 0.2) is 0 Å². The minimum absolute atomic E-state index is 0.218. The van der Waals surface area contributed by atoms with Gasteiger partial charge in [-0.15, -0.1) is 0 Å². The van der Waals surface area contributed by atoms with E-state index in [1.165, 1.54) is 32.0 Å². The zero-order valence-corrected chi connectivity index (χ0v) is 9.84. The Morgan fingerprint density at radius 2 is 1.75 bits per heavy atom. The topological polar surface area (TPSA) is 26.3 Å². The molecule has 0 radical (unpaired) electrons. The summed E-state index contributed by atoms with van der Waals surface area (Å²) in [6.07, 6.45) is 7.09. The van der Waals surface area contributed by atoms with Crippen LogP contribution >= 0.6 is 0 Å². The summed E-state index contributed by atoms with van der Waals surface area (Å²) in [6.45, 7) is 0. The first kappa shape index (κ1) is 9.64. The van der Waals surface area contributed by atoms with Crippen molar-refractivity contribution in [2.45, 2.75) is 31.8 Å². The molecule has 4 bridgehead atoms. The third-order valence-corrected chi connectivity index (χ3v) is 6.30. The fourth-order valence-electron chi connectivity index (χ4n) is 6.09. The van der Waals surface area contributed by atoms with Gasteiger partial charge in [0.05, 0.1) is 6.10 Å². The molecule has 88 valence electrons. The molecule has 0 aromatic carbocycles. The van der Waals surface area contributed by atoms with Crippen LogP contribution in [0.25, 0.3) is 0 Å². The minimum Gasteiger partial charge on any atom is -0.380 e. The van der Waals surface area contributed by atoms with Crippen molar-refractivity contribution in [3.05, 3.63) is 0 Å². The Morgan fingerprint density at radius 1 is 1.06 bits per heavy atom. The maximum atomic E-state index is 11.3. The number of ether oxygens (including phenoxy) is 1. The monoisotopic (exact) mass is 220 g/mol. The zero-order valence-electron chi connectivity index (χ0n) is 9.84. The summed E-state index contributed by atoms with van der Waals surface area (Å²) in [5.74, 6) is 5.37. The average Bonchev–Trinajstić information content (AvgIpc) is 3.03. The molecule has 2 nitrogen and oxygen atoms in total. The van der Waals surface area contributed by atoms with Crippen molar-refractivity contribution in [3.63, 3.8) is 0 Å². The normalized spacial score (nSPS) is 61.6. The molecule has 0 aliphatic heterocycles. The first-order valence-corrected chi connectivity index (χ1v) is 6.83. The molecule has 0 aromatic rings. The molecule has 4 rings (SSSR count). The molecule has 4 aliphatic carbocycles. The van der Waals surface area contributed by atoms with Gasteiger partial charge in [0.2, 0.25) is 0 Å². The molecule has 4 aliphatic rings. The summed E-state index contributed by atoms with van der Waals surface area (Å²) < 4.78 is 5.63. The largest absolute Gasteiger partial charge is 0.380 e. The summed E-state index contributed by atoms with van der Waals surface area (Å²) in [7, 11) is 1.80. The second-order valence-corrected chi connectivity index (χ2v) is 6.47. The highest BCUT2D eigenvalue weighted by atomic mass is 16.5. The van der Waals surface area contributed by atoms with Crippen LogP contribution in [0, 0.1) is 41.4 Å². The highest BCUT2D eigenvalue weighted by molar-refractivity contribution is 5.57. The van der Waals surface area contributed by atoms with E-state index in [9.17, 15) is 4.79 Å². The number of methoxy groups -OCH3 is 1. The number of fused-ring (bicyclic) bond motifs is 9. The molecule has 0 N–H and O–H groups in total. The molecule has 0 amide bonds.